The molecule has 1 amide bonds. The molecule has 1 unspecified atom stereocenters. The third-order valence-corrected chi connectivity index (χ3v) is 3.91. The highest BCUT2D eigenvalue weighted by atomic mass is 16.5. The van der Waals surface area contributed by atoms with Crippen LogP contribution in [0.5, 0.6) is 0 Å². The van der Waals surface area contributed by atoms with E-state index in [2.05, 4.69) is 25.2 Å². The lowest BCUT2D eigenvalue weighted by atomic mass is 9.98. The Kier molecular flexibility index (Phi) is 5.18. The molecule has 1 aromatic carbocycles. The van der Waals surface area contributed by atoms with Crippen LogP contribution in [0.3, 0.4) is 0 Å². The first kappa shape index (κ1) is 15.0. The summed E-state index contributed by atoms with van der Waals surface area (Å²) in [4.78, 5) is 12.1. The van der Waals surface area contributed by atoms with Crippen LogP contribution in [0.25, 0.3) is 0 Å². The molecule has 1 heterocycles. The summed E-state index contributed by atoms with van der Waals surface area (Å²) < 4.78 is 5.56. The first-order valence-corrected chi connectivity index (χ1v) is 7.59. The van der Waals surface area contributed by atoms with Crippen molar-refractivity contribution in [2.24, 2.45) is 0 Å². The molecular weight excluding hydrogens is 250 g/mol. The van der Waals surface area contributed by atoms with Gasteiger partial charge in [-0.2, -0.15) is 0 Å². The molecule has 1 aliphatic rings. The van der Waals surface area contributed by atoms with E-state index in [0.29, 0.717) is 12.3 Å². The van der Waals surface area contributed by atoms with Crippen molar-refractivity contribution in [2.75, 3.05) is 11.9 Å². The van der Waals surface area contributed by atoms with E-state index in [1.165, 1.54) is 5.56 Å². The summed E-state index contributed by atoms with van der Waals surface area (Å²) in [5, 5.41) is 3.09. The number of nitrogens with one attached hydrogen (secondary N) is 1. The quantitative estimate of drug-likeness (QED) is 0.881. The van der Waals surface area contributed by atoms with Crippen molar-refractivity contribution in [3.05, 3.63) is 29.3 Å². The second kappa shape index (κ2) is 6.89. The summed E-state index contributed by atoms with van der Waals surface area (Å²) in [6.07, 6.45) is 3.86. The van der Waals surface area contributed by atoms with E-state index in [4.69, 9.17) is 4.74 Å². The summed E-state index contributed by atoms with van der Waals surface area (Å²) >= 11 is 0. The standard InChI is InChI=1S/C17H25NO2/c1-12(2)15-8-4-6-13(3)17(15)18-16(19)10-9-14-7-5-11-20-14/h4,6,8,12,14H,5,7,9-11H2,1-3H3,(H,18,19). The van der Waals surface area contributed by atoms with Crippen molar-refractivity contribution >= 4 is 11.6 Å². The van der Waals surface area contributed by atoms with Crippen LogP contribution in [-0.4, -0.2) is 18.6 Å². The molecule has 1 atom stereocenters. The third-order valence-electron chi connectivity index (χ3n) is 3.91. The maximum atomic E-state index is 12.1. The monoisotopic (exact) mass is 275 g/mol. The van der Waals surface area contributed by atoms with Gasteiger partial charge in [-0.25, -0.2) is 0 Å². The molecule has 0 bridgehead atoms. The largest absolute Gasteiger partial charge is 0.378 e. The van der Waals surface area contributed by atoms with Crippen LogP contribution < -0.4 is 5.32 Å². The van der Waals surface area contributed by atoms with Gasteiger partial charge < -0.3 is 10.1 Å². The SMILES string of the molecule is Cc1cccc(C(C)C)c1NC(=O)CCC1CCCO1. The summed E-state index contributed by atoms with van der Waals surface area (Å²) in [5.41, 5.74) is 3.32. The first-order valence-electron chi connectivity index (χ1n) is 7.59. The second-order valence-electron chi connectivity index (χ2n) is 5.92. The normalized spacial score (nSPS) is 18.5. The molecule has 1 aliphatic heterocycles. The van der Waals surface area contributed by atoms with Crippen molar-refractivity contribution in [1.29, 1.82) is 0 Å². The number of carbonyl (C=O) groups is 1. The number of ether oxygens (including phenoxy) is 1. The molecule has 0 aromatic heterocycles. The molecule has 0 spiro atoms. The van der Waals surface area contributed by atoms with Gasteiger partial charge >= 0.3 is 0 Å². The van der Waals surface area contributed by atoms with Gasteiger partial charge in [-0.1, -0.05) is 32.0 Å². The van der Waals surface area contributed by atoms with Crippen LogP contribution in [0.4, 0.5) is 5.69 Å². The number of para-hydroxylation sites is 1. The third kappa shape index (κ3) is 3.83. The maximum absolute atomic E-state index is 12.1. The van der Waals surface area contributed by atoms with Gasteiger partial charge in [0.15, 0.2) is 0 Å². The van der Waals surface area contributed by atoms with Gasteiger partial charge in [0, 0.05) is 18.7 Å². The average Bonchev–Trinajstić information content (AvgIpc) is 2.91. The van der Waals surface area contributed by atoms with Crippen molar-refractivity contribution in [3.63, 3.8) is 0 Å². The number of carbonyl (C=O) groups excluding carboxylic acids is 1. The Bertz CT molecular complexity index is 462. The topological polar surface area (TPSA) is 38.3 Å². The van der Waals surface area contributed by atoms with Crippen molar-refractivity contribution < 1.29 is 9.53 Å². The molecule has 1 N–H and O–H groups in total. The Hall–Kier alpha value is -1.35. The number of amides is 1. The number of benzene rings is 1. The lowest BCUT2D eigenvalue weighted by Crippen LogP contribution is -2.17. The molecule has 20 heavy (non-hydrogen) atoms. The van der Waals surface area contributed by atoms with E-state index < -0.39 is 0 Å². The Labute approximate surface area is 121 Å². The average molecular weight is 275 g/mol. The number of hydrogen-bond acceptors (Lipinski definition) is 2. The number of rotatable bonds is 5. The zero-order valence-corrected chi connectivity index (χ0v) is 12.7. The highest BCUT2D eigenvalue weighted by molar-refractivity contribution is 5.92. The fourth-order valence-corrected chi connectivity index (χ4v) is 2.71. The highest BCUT2D eigenvalue weighted by Gasteiger charge is 2.17. The summed E-state index contributed by atoms with van der Waals surface area (Å²) in [6.45, 7) is 7.19. The number of anilines is 1. The Morgan fingerprint density at radius 2 is 2.25 bits per heavy atom. The van der Waals surface area contributed by atoms with Crippen molar-refractivity contribution in [3.8, 4) is 0 Å². The smallest absolute Gasteiger partial charge is 0.224 e. The van der Waals surface area contributed by atoms with Gasteiger partial charge in [0.05, 0.1) is 6.10 Å². The Morgan fingerprint density at radius 1 is 1.45 bits per heavy atom. The van der Waals surface area contributed by atoms with Crippen LogP contribution in [0.15, 0.2) is 18.2 Å². The first-order chi connectivity index (χ1) is 9.58. The summed E-state index contributed by atoms with van der Waals surface area (Å²) in [7, 11) is 0. The van der Waals surface area contributed by atoms with Crippen LogP contribution in [-0.2, 0) is 9.53 Å². The van der Waals surface area contributed by atoms with Gasteiger partial charge in [-0.05, 0) is 43.2 Å². The minimum Gasteiger partial charge on any atom is -0.378 e. The predicted molar refractivity (Wildman–Crippen MR) is 82.1 cm³/mol. The van der Waals surface area contributed by atoms with E-state index in [9.17, 15) is 4.79 Å². The Balaban J connectivity index is 1.96. The van der Waals surface area contributed by atoms with Crippen molar-refractivity contribution in [2.45, 2.75) is 58.5 Å². The van der Waals surface area contributed by atoms with Crippen LogP contribution in [0.2, 0.25) is 0 Å². The second-order valence-corrected chi connectivity index (χ2v) is 5.92. The van der Waals surface area contributed by atoms with Gasteiger partial charge in [0.25, 0.3) is 0 Å². The zero-order chi connectivity index (χ0) is 14.5. The van der Waals surface area contributed by atoms with Crippen LogP contribution >= 0.6 is 0 Å². The maximum Gasteiger partial charge on any atom is 0.224 e. The molecule has 0 saturated carbocycles. The molecular formula is C17H25NO2. The van der Waals surface area contributed by atoms with Gasteiger partial charge in [-0.15, -0.1) is 0 Å². The molecule has 1 saturated heterocycles. The molecule has 3 heteroatoms. The lowest BCUT2D eigenvalue weighted by molar-refractivity contribution is -0.116. The van der Waals surface area contributed by atoms with E-state index >= 15 is 0 Å². The van der Waals surface area contributed by atoms with E-state index in [0.717, 1.165) is 37.1 Å². The van der Waals surface area contributed by atoms with E-state index in [1.807, 2.05) is 19.1 Å². The van der Waals surface area contributed by atoms with E-state index in [-0.39, 0.29) is 12.0 Å². The van der Waals surface area contributed by atoms with E-state index in [1.54, 1.807) is 0 Å². The van der Waals surface area contributed by atoms with Gasteiger partial charge in [0.2, 0.25) is 5.91 Å². The highest BCUT2D eigenvalue weighted by Crippen LogP contribution is 2.27. The molecule has 110 valence electrons. The zero-order valence-electron chi connectivity index (χ0n) is 12.7. The molecule has 1 aromatic rings. The number of hydrogen-bond donors (Lipinski definition) is 1. The molecule has 0 aliphatic carbocycles. The molecule has 0 radical (unpaired) electrons. The van der Waals surface area contributed by atoms with Crippen LogP contribution in [0.1, 0.15) is 56.6 Å². The van der Waals surface area contributed by atoms with Gasteiger partial charge in [-0.3, -0.25) is 4.79 Å². The summed E-state index contributed by atoms with van der Waals surface area (Å²) in [6, 6.07) is 6.18. The summed E-state index contributed by atoms with van der Waals surface area (Å²) in [5.74, 6) is 0.500. The van der Waals surface area contributed by atoms with Crippen LogP contribution in [0, 0.1) is 6.92 Å². The van der Waals surface area contributed by atoms with Gasteiger partial charge in [0.1, 0.15) is 0 Å². The van der Waals surface area contributed by atoms with Crippen molar-refractivity contribution in [1.82, 2.24) is 0 Å². The minimum atomic E-state index is 0.0942. The minimum absolute atomic E-state index is 0.0942. The molecule has 1 fully saturated rings. The lowest BCUT2D eigenvalue weighted by Gasteiger charge is -2.17. The predicted octanol–water partition coefficient (Wildman–Crippen LogP) is 4.02. The molecule has 2 rings (SSSR count). The fourth-order valence-electron chi connectivity index (χ4n) is 2.71. The fraction of sp³-hybridized carbons (Fsp3) is 0.588. The number of aryl methyl sites for hydroxylation is 1. The molecule has 3 nitrogen and oxygen atoms in total. The Morgan fingerprint density at radius 3 is 2.90 bits per heavy atom.